The maximum atomic E-state index is 11.0. The zero-order valence-electron chi connectivity index (χ0n) is 12.3. The van der Waals surface area contributed by atoms with Crippen LogP contribution in [0.4, 0.5) is 0 Å². The minimum Gasteiger partial charge on any atom is -0.379 e. The molecule has 21 heavy (non-hydrogen) atoms. The summed E-state index contributed by atoms with van der Waals surface area (Å²) in [6.07, 6.45) is 1.73. The molecular formula is C15H19Br2N3O. The molecule has 1 unspecified atom stereocenters. The first-order chi connectivity index (χ1) is 9.82. The largest absolute Gasteiger partial charge is 0.379 e. The van der Waals surface area contributed by atoms with E-state index >= 15 is 0 Å². The first-order valence-electron chi connectivity index (χ1n) is 6.67. The fourth-order valence-electron chi connectivity index (χ4n) is 2.22. The zero-order chi connectivity index (χ0) is 15.6. The highest BCUT2D eigenvalue weighted by atomic mass is 79.9. The Labute approximate surface area is 142 Å². The smallest absolute Gasteiger partial charge is 0.129 e. The van der Waals surface area contributed by atoms with Crippen LogP contribution in [-0.2, 0) is 12.1 Å². The van der Waals surface area contributed by atoms with Crippen molar-refractivity contribution < 1.29 is 5.11 Å². The second-order valence-electron chi connectivity index (χ2n) is 5.45. The van der Waals surface area contributed by atoms with Crippen LogP contribution in [0.2, 0.25) is 0 Å². The summed E-state index contributed by atoms with van der Waals surface area (Å²) in [5, 5.41) is 15.4. The van der Waals surface area contributed by atoms with Gasteiger partial charge in [-0.05, 0) is 54.6 Å². The number of aromatic nitrogens is 2. The summed E-state index contributed by atoms with van der Waals surface area (Å²) in [5.41, 5.74) is 0.493. The van der Waals surface area contributed by atoms with E-state index in [0.717, 1.165) is 33.3 Å². The minimum absolute atomic E-state index is 0.723. The molecule has 0 aliphatic rings. The predicted molar refractivity (Wildman–Crippen MR) is 91.3 cm³/mol. The average molecular weight is 417 g/mol. The Morgan fingerprint density at radius 3 is 2.43 bits per heavy atom. The van der Waals surface area contributed by atoms with Gasteiger partial charge >= 0.3 is 0 Å². The normalized spacial score (nSPS) is 14.4. The molecule has 0 aliphatic heterocycles. The number of benzene rings is 1. The van der Waals surface area contributed by atoms with Crippen LogP contribution in [-0.4, -0.2) is 40.4 Å². The Hall–Kier alpha value is -0.690. The van der Waals surface area contributed by atoms with Gasteiger partial charge in [0.25, 0.3) is 0 Å². The number of aliphatic hydroxyl groups is 1. The number of halogens is 2. The standard InChI is InChI=1S/C15H19Br2N3O/c1-15(21,11-4-6-12(16)7-5-11)14-13(17)10-18-20(14)9-8-19(2)3/h4-7,10,21H,8-9H2,1-3H3. The highest BCUT2D eigenvalue weighted by molar-refractivity contribution is 9.10. The third-order valence-electron chi connectivity index (χ3n) is 3.42. The van der Waals surface area contributed by atoms with E-state index < -0.39 is 5.60 Å². The molecule has 0 spiro atoms. The van der Waals surface area contributed by atoms with Gasteiger partial charge in [-0.2, -0.15) is 5.10 Å². The van der Waals surface area contributed by atoms with Gasteiger partial charge in [-0.1, -0.05) is 28.1 Å². The van der Waals surface area contributed by atoms with Crippen LogP contribution in [0.25, 0.3) is 0 Å². The lowest BCUT2D eigenvalue weighted by molar-refractivity contribution is 0.0900. The Morgan fingerprint density at radius 1 is 1.24 bits per heavy atom. The zero-order valence-corrected chi connectivity index (χ0v) is 15.5. The summed E-state index contributed by atoms with van der Waals surface area (Å²) >= 11 is 6.92. The topological polar surface area (TPSA) is 41.3 Å². The van der Waals surface area contributed by atoms with Gasteiger partial charge in [0, 0.05) is 11.0 Å². The van der Waals surface area contributed by atoms with Crippen LogP contribution >= 0.6 is 31.9 Å². The molecule has 1 N–H and O–H groups in total. The number of nitrogens with zero attached hydrogens (tertiary/aromatic N) is 3. The van der Waals surface area contributed by atoms with Gasteiger partial charge in [0.05, 0.1) is 22.9 Å². The molecule has 1 atom stereocenters. The Morgan fingerprint density at radius 2 is 1.86 bits per heavy atom. The average Bonchev–Trinajstić information content (AvgIpc) is 2.78. The third kappa shape index (κ3) is 3.74. The summed E-state index contributed by atoms with van der Waals surface area (Å²) in [6.45, 7) is 3.38. The molecule has 0 aliphatic carbocycles. The second kappa shape index (κ2) is 6.60. The minimum atomic E-state index is -1.11. The molecule has 114 valence electrons. The molecule has 0 saturated carbocycles. The van der Waals surface area contributed by atoms with E-state index in [1.807, 2.05) is 43.0 Å². The van der Waals surface area contributed by atoms with Crippen LogP contribution in [0, 0.1) is 0 Å². The van der Waals surface area contributed by atoms with E-state index in [4.69, 9.17) is 0 Å². The molecule has 4 nitrogen and oxygen atoms in total. The molecule has 1 aromatic heterocycles. The summed E-state index contributed by atoms with van der Waals surface area (Å²) in [4.78, 5) is 2.09. The molecule has 2 rings (SSSR count). The molecule has 1 aromatic carbocycles. The Kier molecular flexibility index (Phi) is 5.24. The maximum absolute atomic E-state index is 11.0. The van der Waals surface area contributed by atoms with E-state index in [2.05, 4.69) is 41.9 Å². The van der Waals surface area contributed by atoms with Gasteiger partial charge in [-0.3, -0.25) is 4.68 Å². The van der Waals surface area contributed by atoms with E-state index in [1.165, 1.54) is 0 Å². The number of hydrogen-bond donors (Lipinski definition) is 1. The van der Waals surface area contributed by atoms with Crippen LogP contribution in [0.3, 0.4) is 0 Å². The van der Waals surface area contributed by atoms with Crippen molar-refractivity contribution in [3.05, 3.63) is 50.7 Å². The summed E-state index contributed by atoms with van der Waals surface area (Å²) in [5.74, 6) is 0. The molecule has 0 amide bonds. The SMILES string of the molecule is CN(C)CCn1ncc(Br)c1C(C)(O)c1ccc(Br)cc1. The maximum Gasteiger partial charge on any atom is 0.129 e. The first kappa shape index (κ1) is 16.7. The molecule has 2 aromatic rings. The van der Waals surface area contributed by atoms with Crippen LogP contribution in [0.15, 0.2) is 39.4 Å². The quantitative estimate of drug-likeness (QED) is 0.813. The molecule has 1 heterocycles. The second-order valence-corrected chi connectivity index (χ2v) is 7.22. The number of hydrogen-bond acceptors (Lipinski definition) is 3. The van der Waals surface area contributed by atoms with Gasteiger partial charge < -0.3 is 10.0 Å². The fourth-order valence-corrected chi connectivity index (χ4v) is 3.17. The van der Waals surface area contributed by atoms with Crippen molar-refractivity contribution in [2.45, 2.75) is 19.1 Å². The van der Waals surface area contributed by atoms with Gasteiger partial charge in [0.2, 0.25) is 0 Å². The molecule has 0 bridgehead atoms. The molecule has 6 heteroatoms. The van der Waals surface area contributed by atoms with Crippen LogP contribution in [0.5, 0.6) is 0 Å². The summed E-state index contributed by atoms with van der Waals surface area (Å²) in [7, 11) is 4.04. The van der Waals surface area contributed by atoms with Gasteiger partial charge in [-0.15, -0.1) is 0 Å². The number of rotatable bonds is 5. The highest BCUT2D eigenvalue weighted by Gasteiger charge is 2.32. The van der Waals surface area contributed by atoms with Crippen molar-refractivity contribution in [1.29, 1.82) is 0 Å². The molecule has 0 fully saturated rings. The van der Waals surface area contributed by atoms with Crippen molar-refractivity contribution in [2.24, 2.45) is 0 Å². The van der Waals surface area contributed by atoms with Crippen molar-refractivity contribution in [2.75, 3.05) is 20.6 Å². The Bertz CT molecular complexity index is 606. The van der Waals surface area contributed by atoms with Crippen molar-refractivity contribution in [1.82, 2.24) is 14.7 Å². The Balaban J connectivity index is 2.39. The lowest BCUT2D eigenvalue weighted by Gasteiger charge is -2.26. The van der Waals surface area contributed by atoms with E-state index in [1.54, 1.807) is 13.1 Å². The van der Waals surface area contributed by atoms with E-state index in [9.17, 15) is 5.11 Å². The summed E-state index contributed by atoms with van der Waals surface area (Å²) in [6, 6.07) is 7.69. The van der Waals surface area contributed by atoms with Crippen molar-refractivity contribution >= 4 is 31.9 Å². The molecule has 0 saturated heterocycles. The number of likely N-dealkylation sites (N-methyl/N-ethyl adjacent to an activating group) is 1. The molecular weight excluding hydrogens is 398 g/mol. The van der Waals surface area contributed by atoms with Gasteiger partial charge in [0.1, 0.15) is 5.60 Å². The fraction of sp³-hybridized carbons (Fsp3) is 0.400. The van der Waals surface area contributed by atoms with Gasteiger partial charge in [0.15, 0.2) is 0 Å². The van der Waals surface area contributed by atoms with Crippen LogP contribution < -0.4 is 0 Å². The lowest BCUT2D eigenvalue weighted by Crippen LogP contribution is -2.29. The summed E-state index contributed by atoms with van der Waals surface area (Å²) < 4.78 is 3.66. The van der Waals surface area contributed by atoms with E-state index in [-0.39, 0.29) is 0 Å². The van der Waals surface area contributed by atoms with Crippen molar-refractivity contribution in [3.63, 3.8) is 0 Å². The first-order valence-corrected chi connectivity index (χ1v) is 8.26. The monoisotopic (exact) mass is 415 g/mol. The molecule has 0 radical (unpaired) electrons. The van der Waals surface area contributed by atoms with Gasteiger partial charge in [-0.25, -0.2) is 0 Å². The van der Waals surface area contributed by atoms with Crippen LogP contribution in [0.1, 0.15) is 18.2 Å². The predicted octanol–water partition coefficient (Wildman–Crippen LogP) is 3.23. The lowest BCUT2D eigenvalue weighted by atomic mass is 9.92. The van der Waals surface area contributed by atoms with E-state index in [0.29, 0.717) is 0 Å². The highest BCUT2D eigenvalue weighted by Crippen LogP contribution is 2.34. The van der Waals surface area contributed by atoms with Crippen molar-refractivity contribution in [3.8, 4) is 0 Å². The third-order valence-corrected chi connectivity index (χ3v) is 4.53.